The van der Waals surface area contributed by atoms with Gasteiger partial charge in [0.1, 0.15) is 25.7 Å². The summed E-state index contributed by atoms with van der Waals surface area (Å²) >= 11 is 1.67. The van der Waals surface area contributed by atoms with E-state index in [9.17, 15) is 14.7 Å². The number of hydrogen-bond donors (Lipinski definition) is 1. The molecule has 124 valence electrons. The van der Waals surface area contributed by atoms with Crippen molar-refractivity contribution in [3.63, 3.8) is 0 Å². The fourth-order valence-electron chi connectivity index (χ4n) is 4.66. The van der Waals surface area contributed by atoms with Gasteiger partial charge in [0.2, 0.25) is 5.91 Å². The second-order valence-electron chi connectivity index (χ2n) is 8.54. The van der Waals surface area contributed by atoms with Crippen LogP contribution in [0.2, 0.25) is 18.8 Å². The third-order valence-corrected chi connectivity index (χ3v) is 17.1. The standard InChI is InChI=1S/C14H26N2O3SSi2/c1-13(2)9(12(18)19)15-10(17)8(11(15)20-13)16-14(3,4)21-7-22(16,5)6/h8-9,11H,7,21H2,1-6H3,(H,18,19)/t8-,9+,11-/m1/s1. The normalized spacial score (nSPS) is 39.8. The van der Waals surface area contributed by atoms with Crippen LogP contribution in [0, 0.1) is 0 Å². The lowest BCUT2D eigenvalue weighted by molar-refractivity contribution is -0.164. The summed E-state index contributed by atoms with van der Waals surface area (Å²) in [6.07, 6.45) is 0. The molecule has 3 heterocycles. The van der Waals surface area contributed by atoms with Gasteiger partial charge in [0.05, 0.1) is 0 Å². The quantitative estimate of drug-likeness (QED) is 0.587. The first kappa shape index (κ1) is 16.5. The zero-order valence-electron chi connectivity index (χ0n) is 14.2. The van der Waals surface area contributed by atoms with Crippen molar-refractivity contribution in [1.29, 1.82) is 0 Å². The molecule has 0 aromatic heterocycles. The second-order valence-corrected chi connectivity index (χ2v) is 18.6. The number of hydrogen-bond acceptors (Lipinski definition) is 4. The molecule has 0 spiro atoms. The maximum Gasteiger partial charge on any atom is 0.327 e. The Hall–Kier alpha value is -0.316. The van der Waals surface area contributed by atoms with Crippen molar-refractivity contribution in [2.45, 2.75) is 73.8 Å². The van der Waals surface area contributed by atoms with E-state index < -0.39 is 25.0 Å². The molecule has 0 aliphatic carbocycles. The molecule has 3 atom stereocenters. The van der Waals surface area contributed by atoms with Crippen LogP contribution in [-0.2, 0) is 9.59 Å². The van der Waals surface area contributed by atoms with Crippen LogP contribution in [0.3, 0.4) is 0 Å². The monoisotopic (exact) mass is 358 g/mol. The summed E-state index contributed by atoms with van der Waals surface area (Å²) in [5.41, 5.74) is 1.34. The Morgan fingerprint density at radius 2 is 1.95 bits per heavy atom. The maximum atomic E-state index is 12.9. The smallest absolute Gasteiger partial charge is 0.327 e. The molecule has 1 amide bonds. The molecule has 0 radical (unpaired) electrons. The van der Waals surface area contributed by atoms with Crippen LogP contribution >= 0.6 is 11.8 Å². The lowest BCUT2D eigenvalue weighted by Crippen LogP contribution is -2.75. The molecular formula is C14H26N2O3SSi2. The number of nitrogens with zero attached hydrogens (tertiary/aromatic N) is 2. The fourth-order valence-corrected chi connectivity index (χ4v) is 17.0. The third kappa shape index (κ3) is 2.07. The van der Waals surface area contributed by atoms with Crippen molar-refractivity contribution in [3.8, 4) is 0 Å². The molecular weight excluding hydrogens is 332 g/mol. The van der Waals surface area contributed by atoms with Crippen LogP contribution in [0.1, 0.15) is 27.7 Å². The first-order valence-electron chi connectivity index (χ1n) is 7.92. The Bertz CT molecular complexity index is 536. The summed E-state index contributed by atoms with van der Waals surface area (Å²) in [6, 6.07) is -0.792. The van der Waals surface area contributed by atoms with Crippen molar-refractivity contribution < 1.29 is 14.7 Å². The number of carbonyl (C=O) groups excluding carboxylic acids is 1. The van der Waals surface area contributed by atoms with Crippen LogP contribution < -0.4 is 0 Å². The molecule has 0 aromatic rings. The van der Waals surface area contributed by atoms with Gasteiger partial charge in [-0.1, -0.05) is 32.6 Å². The molecule has 0 bridgehead atoms. The van der Waals surface area contributed by atoms with E-state index in [1.54, 1.807) is 16.7 Å². The largest absolute Gasteiger partial charge is 0.480 e. The third-order valence-electron chi connectivity index (χ3n) is 5.58. The van der Waals surface area contributed by atoms with E-state index in [2.05, 4.69) is 31.5 Å². The highest BCUT2D eigenvalue weighted by molar-refractivity contribution is 8.01. The van der Waals surface area contributed by atoms with Gasteiger partial charge in [0.25, 0.3) is 0 Å². The minimum Gasteiger partial charge on any atom is -0.480 e. The molecule has 5 nitrogen and oxygen atoms in total. The van der Waals surface area contributed by atoms with Gasteiger partial charge >= 0.3 is 5.97 Å². The number of thioether (sulfide) groups is 1. The predicted octanol–water partition coefficient (Wildman–Crippen LogP) is 0.885. The lowest BCUT2D eigenvalue weighted by atomic mass is 9.95. The van der Waals surface area contributed by atoms with E-state index in [4.69, 9.17) is 0 Å². The molecule has 22 heavy (non-hydrogen) atoms. The summed E-state index contributed by atoms with van der Waals surface area (Å²) in [5, 5.41) is 9.73. The van der Waals surface area contributed by atoms with E-state index in [0.29, 0.717) is 0 Å². The van der Waals surface area contributed by atoms with E-state index >= 15 is 0 Å². The summed E-state index contributed by atoms with van der Waals surface area (Å²) in [4.78, 5) is 26.1. The number of carboxylic acids is 1. The number of amides is 1. The van der Waals surface area contributed by atoms with Crippen molar-refractivity contribution in [2.24, 2.45) is 0 Å². The Kier molecular flexibility index (Phi) is 3.47. The predicted molar refractivity (Wildman–Crippen MR) is 94.3 cm³/mol. The van der Waals surface area contributed by atoms with Crippen molar-refractivity contribution in [2.75, 3.05) is 0 Å². The Labute approximate surface area is 139 Å². The number of carboxylic acid groups (broad SMARTS) is 1. The van der Waals surface area contributed by atoms with Crippen molar-refractivity contribution in [1.82, 2.24) is 9.47 Å². The highest BCUT2D eigenvalue weighted by Gasteiger charge is 2.68. The van der Waals surface area contributed by atoms with E-state index in [0.717, 1.165) is 0 Å². The lowest BCUT2D eigenvalue weighted by Gasteiger charge is -2.55. The summed E-state index contributed by atoms with van der Waals surface area (Å²) < 4.78 is 2.12. The van der Waals surface area contributed by atoms with E-state index in [-0.39, 0.29) is 32.0 Å². The van der Waals surface area contributed by atoms with Crippen LogP contribution in [-0.4, -0.2) is 71.6 Å². The van der Waals surface area contributed by atoms with Gasteiger partial charge in [-0.25, -0.2) is 4.79 Å². The number of aliphatic carboxylic acids is 1. The van der Waals surface area contributed by atoms with Crippen LogP contribution in [0.5, 0.6) is 0 Å². The molecule has 0 saturated carbocycles. The molecule has 1 N–H and O–H groups in total. The van der Waals surface area contributed by atoms with Gasteiger partial charge in [0, 0.05) is 14.3 Å². The van der Waals surface area contributed by atoms with E-state index in [1.165, 1.54) is 5.67 Å². The molecule has 3 aliphatic heterocycles. The van der Waals surface area contributed by atoms with Crippen LogP contribution in [0.25, 0.3) is 0 Å². The molecule has 8 heteroatoms. The van der Waals surface area contributed by atoms with Crippen molar-refractivity contribution >= 4 is 41.4 Å². The van der Waals surface area contributed by atoms with Crippen LogP contribution in [0.15, 0.2) is 0 Å². The van der Waals surface area contributed by atoms with Crippen LogP contribution in [0.4, 0.5) is 0 Å². The average molecular weight is 359 g/mol. The molecule has 0 unspecified atom stereocenters. The molecule has 0 aromatic carbocycles. The zero-order valence-corrected chi connectivity index (χ0v) is 17.4. The Balaban J connectivity index is 1.94. The van der Waals surface area contributed by atoms with Gasteiger partial charge in [-0.15, -0.1) is 11.8 Å². The van der Waals surface area contributed by atoms with Crippen molar-refractivity contribution in [3.05, 3.63) is 0 Å². The average Bonchev–Trinajstić information content (AvgIpc) is 2.73. The number of β-lactam (4-membered cyclic amide) rings is 1. The molecule has 3 fully saturated rings. The van der Waals surface area contributed by atoms with Gasteiger partial charge in [-0.3, -0.25) is 4.79 Å². The Morgan fingerprint density at radius 3 is 2.41 bits per heavy atom. The summed E-state index contributed by atoms with van der Waals surface area (Å²) in [7, 11) is -1.76. The molecule has 3 rings (SSSR count). The maximum absolute atomic E-state index is 12.9. The van der Waals surface area contributed by atoms with Gasteiger partial charge in [0.15, 0.2) is 0 Å². The van der Waals surface area contributed by atoms with Gasteiger partial charge < -0.3 is 14.6 Å². The first-order valence-corrected chi connectivity index (χ1v) is 13.7. The van der Waals surface area contributed by atoms with Gasteiger partial charge in [-0.2, -0.15) is 0 Å². The Morgan fingerprint density at radius 1 is 1.36 bits per heavy atom. The fraction of sp³-hybridized carbons (Fsp3) is 0.857. The number of fused-ring (bicyclic) bond motifs is 1. The highest BCUT2D eigenvalue weighted by Crippen LogP contribution is 2.54. The van der Waals surface area contributed by atoms with E-state index in [1.807, 2.05) is 13.8 Å². The summed E-state index contributed by atoms with van der Waals surface area (Å²) in [6.45, 7) is 13.2. The molecule has 3 saturated heterocycles. The zero-order chi connectivity index (χ0) is 16.7. The molecule has 3 aliphatic rings. The minimum absolute atomic E-state index is 0.0155. The second kappa shape index (κ2) is 4.61. The SMILES string of the molecule is CC1(C)S[C@@H]2[C@H](N3C(C)(C)[SiH2]C[Si]3(C)C)C(=O)N2[C@H]1C(=O)O. The minimum atomic E-state index is -1.55. The topological polar surface area (TPSA) is 60.9 Å². The van der Waals surface area contributed by atoms with Gasteiger partial charge in [-0.05, 0) is 19.0 Å². The first-order chi connectivity index (χ1) is 9.90. The summed E-state index contributed by atoms with van der Waals surface area (Å²) in [5.74, 6) is -0.835. The number of rotatable bonds is 2. The highest BCUT2D eigenvalue weighted by atomic mass is 32.2. The number of carbonyl (C=O) groups is 2.